The maximum absolute atomic E-state index is 11.7. The topological polar surface area (TPSA) is 75.3 Å². The molecule has 2 N–H and O–H groups in total. The standard InChI is InChI=1S/C11H22N2O3S/c1-8(17(3,15)16)11(14)13-10-6-4-9(12-2)5-7-10/h8-10,12H,4-7H2,1-3H3,(H,13,14). The number of nitrogens with one attached hydrogen (secondary N) is 2. The fourth-order valence-electron chi connectivity index (χ4n) is 2.04. The second-order valence-corrected chi connectivity index (χ2v) is 7.18. The summed E-state index contributed by atoms with van der Waals surface area (Å²) in [5.74, 6) is -0.375. The summed E-state index contributed by atoms with van der Waals surface area (Å²) in [5.41, 5.74) is 0. The van der Waals surface area contributed by atoms with Gasteiger partial charge >= 0.3 is 0 Å². The van der Waals surface area contributed by atoms with Crippen molar-refractivity contribution in [2.24, 2.45) is 0 Å². The first kappa shape index (κ1) is 14.4. The van der Waals surface area contributed by atoms with Gasteiger partial charge < -0.3 is 10.6 Å². The van der Waals surface area contributed by atoms with Crippen molar-refractivity contribution in [1.82, 2.24) is 10.6 Å². The van der Waals surface area contributed by atoms with Crippen LogP contribution in [0, 0.1) is 0 Å². The van der Waals surface area contributed by atoms with Gasteiger partial charge in [-0.3, -0.25) is 4.79 Å². The van der Waals surface area contributed by atoms with Crippen LogP contribution in [-0.2, 0) is 14.6 Å². The first-order chi connectivity index (χ1) is 7.84. The van der Waals surface area contributed by atoms with E-state index in [-0.39, 0.29) is 11.9 Å². The van der Waals surface area contributed by atoms with Gasteiger partial charge in [0.1, 0.15) is 5.25 Å². The van der Waals surface area contributed by atoms with Gasteiger partial charge in [-0.2, -0.15) is 0 Å². The van der Waals surface area contributed by atoms with E-state index < -0.39 is 15.1 Å². The zero-order valence-corrected chi connectivity index (χ0v) is 11.5. The van der Waals surface area contributed by atoms with Crippen molar-refractivity contribution < 1.29 is 13.2 Å². The van der Waals surface area contributed by atoms with Crippen molar-refractivity contribution in [3.8, 4) is 0 Å². The zero-order chi connectivity index (χ0) is 13.1. The third-order valence-electron chi connectivity index (χ3n) is 3.49. The van der Waals surface area contributed by atoms with Crippen molar-refractivity contribution in [2.75, 3.05) is 13.3 Å². The number of amides is 1. The van der Waals surface area contributed by atoms with Crippen LogP contribution in [0.25, 0.3) is 0 Å². The zero-order valence-electron chi connectivity index (χ0n) is 10.7. The summed E-state index contributed by atoms with van der Waals surface area (Å²) in [6, 6.07) is 0.645. The summed E-state index contributed by atoms with van der Waals surface area (Å²) in [6.45, 7) is 1.43. The first-order valence-electron chi connectivity index (χ1n) is 6.01. The van der Waals surface area contributed by atoms with Gasteiger partial charge in [-0.1, -0.05) is 0 Å². The van der Waals surface area contributed by atoms with E-state index in [2.05, 4.69) is 10.6 Å². The molecule has 1 unspecified atom stereocenters. The molecule has 0 spiro atoms. The molecule has 0 aromatic carbocycles. The van der Waals surface area contributed by atoms with Crippen LogP contribution in [0.5, 0.6) is 0 Å². The maximum Gasteiger partial charge on any atom is 0.238 e. The molecule has 5 nitrogen and oxygen atoms in total. The Morgan fingerprint density at radius 2 is 1.65 bits per heavy atom. The highest BCUT2D eigenvalue weighted by Gasteiger charge is 2.27. The van der Waals surface area contributed by atoms with Crippen LogP contribution in [0.4, 0.5) is 0 Å². The van der Waals surface area contributed by atoms with Crippen LogP contribution in [-0.4, -0.2) is 45.0 Å². The summed E-state index contributed by atoms with van der Waals surface area (Å²) in [6.07, 6.45) is 4.96. The molecule has 0 saturated heterocycles. The molecule has 6 heteroatoms. The molecule has 1 aliphatic rings. The lowest BCUT2D eigenvalue weighted by molar-refractivity contribution is -0.121. The number of hydrogen-bond acceptors (Lipinski definition) is 4. The Hall–Kier alpha value is -0.620. The van der Waals surface area contributed by atoms with E-state index in [1.54, 1.807) is 0 Å². The van der Waals surface area contributed by atoms with Crippen molar-refractivity contribution in [3.05, 3.63) is 0 Å². The highest BCUT2D eigenvalue weighted by atomic mass is 32.2. The molecule has 0 bridgehead atoms. The van der Waals surface area contributed by atoms with Crippen molar-refractivity contribution in [2.45, 2.75) is 49.9 Å². The van der Waals surface area contributed by atoms with Gasteiger partial charge in [0.2, 0.25) is 5.91 Å². The van der Waals surface area contributed by atoms with E-state index in [4.69, 9.17) is 0 Å². The molecule has 1 amide bonds. The highest BCUT2D eigenvalue weighted by Crippen LogP contribution is 2.18. The van der Waals surface area contributed by atoms with Crippen molar-refractivity contribution in [3.63, 3.8) is 0 Å². The molecule has 1 saturated carbocycles. The van der Waals surface area contributed by atoms with E-state index in [9.17, 15) is 13.2 Å². The second-order valence-electron chi connectivity index (χ2n) is 4.82. The van der Waals surface area contributed by atoms with Crippen LogP contribution in [0.3, 0.4) is 0 Å². The molecular weight excluding hydrogens is 240 g/mol. The largest absolute Gasteiger partial charge is 0.352 e. The predicted octanol–water partition coefficient (Wildman–Crippen LogP) is 0.0663. The normalized spacial score (nSPS) is 27.5. The lowest BCUT2D eigenvalue weighted by atomic mass is 9.91. The summed E-state index contributed by atoms with van der Waals surface area (Å²) in [5, 5.41) is 5.09. The third kappa shape index (κ3) is 4.27. The first-order valence-corrected chi connectivity index (χ1v) is 7.96. The molecule has 1 aliphatic carbocycles. The Morgan fingerprint density at radius 1 is 1.18 bits per heavy atom. The number of sulfone groups is 1. The molecule has 0 radical (unpaired) electrons. The molecular formula is C11H22N2O3S. The number of hydrogen-bond donors (Lipinski definition) is 2. The van der Waals surface area contributed by atoms with E-state index in [0.29, 0.717) is 6.04 Å². The maximum atomic E-state index is 11.7. The molecule has 1 atom stereocenters. The van der Waals surface area contributed by atoms with Gasteiger partial charge in [0, 0.05) is 18.3 Å². The lowest BCUT2D eigenvalue weighted by Crippen LogP contribution is -2.46. The SMILES string of the molecule is CNC1CCC(NC(=O)C(C)S(C)(=O)=O)CC1. The summed E-state index contributed by atoms with van der Waals surface area (Å²) >= 11 is 0. The Balaban J connectivity index is 2.43. The van der Waals surface area contributed by atoms with E-state index in [1.165, 1.54) is 6.92 Å². The summed E-state index contributed by atoms with van der Waals surface area (Å²) < 4.78 is 22.5. The highest BCUT2D eigenvalue weighted by molar-refractivity contribution is 7.92. The molecule has 0 aliphatic heterocycles. The van der Waals surface area contributed by atoms with Gasteiger partial charge in [-0.05, 0) is 39.7 Å². The summed E-state index contributed by atoms with van der Waals surface area (Å²) in [4.78, 5) is 11.7. The smallest absolute Gasteiger partial charge is 0.238 e. The molecule has 1 fully saturated rings. The average molecular weight is 262 g/mol. The minimum absolute atomic E-state index is 0.122. The van der Waals surface area contributed by atoms with Gasteiger partial charge in [0.25, 0.3) is 0 Å². The van der Waals surface area contributed by atoms with Crippen LogP contribution in [0.2, 0.25) is 0 Å². The van der Waals surface area contributed by atoms with Crippen molar-refractivity contribution in [1.29, 1.82) is 0 Å². The molecule has 0 aromatic heterocycles. The van der Waals surface area contributed by atoms with E-state index in [1.807, 2.05) is 7.05 Å². The molecule has 100 valence electrons. The number of carbonyl (C=O) groups excluding carboxylic acids is 1. The lowest BCUT2D eigenvalue weighted by Gasteiger charge is -2.29. The Labute approximate surface area is 103 Å². The fourth-order valence-corrected chi connectivity index (χ4v) is 2.50. The van der Waals surface area contributed by atoms with Crippen LogP contribution < -0.4 is 10.6 Å². The van der Waals surface area contributed by atoms with Gasteiger partial charge in [-0.15, -0.1) is 0 Å². The average Bonchev–Trinajstić information content (AvgIpc) is 2.27. The van der Waals surface area contributed by atoms with Gasteiger partial charge in [-0.25, -0.2) is 8.42 Å². The van der Waals surface area contributed by atoms with Crippen LogP contribution in [0.1, 0.15) is 32.6 Å². The van der Waals surface area contributed by atoms with Crippen LogP contribution in [0.15, 0.2) is 0 Å². The monoisotopic (exact) mass is 262 g/mol. The third-order valence-corrected chi connectivity index (χ3v) is 4.99. The minimum atomic E-state index is -3.29. The molecule has 17 heavy (non-hydrogen) atoms. The minimum Gasteiger partial charge on any atom is -0.352 e. The Bertz CT molecular complexity index is 359. The van der Waals surface area contributed by atoms with Crippen LogP contribution >= 0.6 is 0 Å². The number of carbonyl (C=O) groups is 1. The van der Waals surface area contributed by atoms with Gasteiger partial charge in [0.05, 0.1) is 0 Å². The second kappa shape index (κ2) is 5.82. The molecule has 1 rings (SSSR count). The van der Waals surface area contributed by atoms with Gasteiger partial charge in [0.15, 0.2) is 9.84 Å². The van der Waals surface area contributed by atoms with E-state index in [0.717, 1.165) is 31.9 Å². The molecule has 0 aromatic rings. The number of rotatable bonds is 4. The van der Waals surface area contributed by atoms with Crippen molar-refractivity contribution >= 4 is 15.7 Å². The quantitative estimate of drug-likeness (QED) is 0.751. The summed E-state index contributed by atoms with van der Waals surface area (Å²) in [7, 11) is -1.35. The predicted molar refractivity (Wildman–Crippen MR) is 67.6 cm³/mol. The molecule has 0 heterocycles. The Morgan fingerprint density at radius 3 is 2.06 bits per heavy atom. The Kier molecular flexibility index (Phi) is 4.94. The van der Waals surface area contributed by atoms with E-state index >= 15 is 0 Å². The fraction of sp³-hybridized carbons (Fsp3) is 0.909.